The fraction of sp³-hybridized carbons (Fsp3) is 0.745. The van der Waals surface area contributed by atoms with Crippen LogP contribution in [0.5, 0.6) is 0 Å². The van der Waals surface area contributed by atoms with E-state index < -0.39 is 93.4 Å². The Kier molecular flexibility index (Phi) is 19.0. The third-order valence-corrected chi connectivity index (χ3v) is 14.0. The van der Waals surface area contributed by atoms with Crippen molar-refractivity contribution in [1.82, 2.24) is 0 Å². The Bertz CT molecular complexity index is 1610. The van der Waals surface area contributed by atoms with Crippen molar-refractivity contribution in [2.24, 2.45) is 29.6 Å². The lowest BCUT2D eigenvalue weighted by molar-refractivity contribution is -0.249. The Balaban J connectivity index is 1.03. The maximum Gasteiger partial charge on any atom is 0.422 e. The van der Waals surface area contributed by atoms with Crippen LogP contribution in [0.15, 0.2) is 24.3 Å². The number of hydrogen-bond donors (Lipinski definition) is 0. The number of unbranched alkanes of at least 4 members (excludes halogenated alkanes) is 8. The van der Waals surface area contributed by atoms with Gasteiger partial charge in [-0.25, -0.2) is 17.6 Å². The SMILES string of the molecule is CCC(CCCCCCCC1CCC(C(F)(F)C(F)(F)c2cc(F)c(C(F)(F)F)c(F)c2)CC1)CCCCCCCC1CCC(C(F)(F)C(F)(F)c2cc(F)c(C(F)(F)F)c(F)c2)CC1. The molecular formula is C47H58F18. The van der Waals surface area contributed by atoms with Crippen LogP contribution in [0.2, 0.25) is 0 Å². The summed E-state index contributed by atoms with van der Waals surface area (Å²) in [5, 5.41) is 0. The van der Waals surface area contributed by atoms with Crippen LogP contribution in [0, 0.1) is 52.9 Å². The molecule has 0 nitrogen and oxygen atoms in total. The molecule has 18 heteroatoms. The summed E-state index contributed by atoms with van der Waals surface area (Å²) in [6.07, 6.45) is 3.35. The van der Waals surface area contributed by atoms with Crippen LogP contribution in [0.25, 0.3) is 0 Å². The third kappa shape index (κ3) is 13.7. The smallest absolute Gasteiger partial charge is 0.206 e. The van der Waals surface area contributed by atoms with Crippen LogP contribution in [-0.2, 0) is 24.2 Å². The minimum absolute atomic E-state index is 0.0589. The van der Waals surface area contributed by atoms with Crippen LogP contribution < -0.4 is 0 Å². The van der Waals surface area contributed by atoms with Gasteiger partial charge >= 0.3 is 36.0 Å². The van der Waals surface area contributed by atoms with Gasteiger partial charge in [0.25, 0.3) is 0 Å². The van der Waals surface area contributed by atoms with Gasteiger partial charge in [-0.2, -0.15) is 61.5 Å². The molecule has 2 saturated carbocycles. The Hall–Kier alpha value is -2.82. The standard InChI is InChI=1S/C47H58F18/c1-2-29(13-9-5-3-7-11-15-30-17-21-32(22-18-30)42(52,53)44(56,57)34-25-36(48)40(37(49)26-34)46(60,61)62)14-10-6-4-8-12-16-31-19-23-33(24-20-31)43(54,55)45(58,59)35-27-38(50)41(39(51)28-35)47(63,64)65/h25-33H,2-24H2,1H3. The van der Waals surface area contributed by atoms with Crippen molar-refractivity contribution in [3.63, 3.8) is 0 Å². The van der Waals surface area contributed by atoms with E-state index in [1.54, 1.807) is 0 Å². The highest BCUT2D eigenvalue weighted by Crippen LogP contribution is 2.54. The van der Waals surface area contributed by atoms with E-state index in [2.05, 4.69) is 6.92 Å². The van der Waals surface area contributed by atoms with Crippen molar-refractivity contribution in [2.75, 3.05) is 0 Å². The summed E-state index contributed by atoms with van der Waals surface area (Å²) in [5.41, 5.74) is -8.53. The van der Waals surface area contributed by atoms with Gasteiger partial charge in [0.2, 0.25) is 0 Å². The van der Waals surface area contributed by atoms with E-state index >= 15 is 17.6 Å². The first kappa shape index (κ1) is 54.8. The summed E-state index contributed by atoms with van der Waals surface area (Å²) in [5.74, 6) is -32.1. The molecule has 0 aromatic heterocycles. The molecule has 0 spiro atoms. The van der Waals surface area contributed by atoms with Crippen LogP contribution >= 0.6 is 0 Å². The molecule has 0 amide bonds. The molecule has 2 aromatic rings. The van der Waals surface area contributed by atoms with Crippen molar-refractivity contribution in [2.45, 2.75) is 191 Å². The highest BCUT2D eigenvalue weighted by molar-refractivity contribution is 5.33. The maximum absolute atomic E-state index is 15.0. The number of alkyl halides is 14. The predicted octanol–water partition coefficient (Wildman–Crippen LogP) is 18.5. The first-order valence-electron chi connectivity index (χ1n) is 22.8. The number of rotatable bonds is 23. The molecule has 0 aliphatic heterocycles. The molecule has 0 bridgehead atoms. The maximum atomic E-state index is 15.0. The van der Waals surface area contributed by atoms with Crippen molar-refractivity contribution in [1.29, 1.82) is 0 Å². The van der Waals surface area contributed by atoms with Gasteiger partial charge in [0.1, 0.15) is 34.4 Å². The van der Waals surface area contributed by atoms with Crippen molar-refractivity contribution < 1.29 is 79.0 Å². The van der Waals surface area contributed by atoms with E-state index in [-0.39, 0.29) is 87.5 Å². The number of hydrogen-bond acceptors (Lipinski definition) is 0. The van der Waals surface area contributed by atoms with E-state index in [0.717, 1.165) is 96.3 Å². The van der Waals surface area contributed by atoms with Crippen LogP contribution in [0.3, 0.4) is 0 Å². The molecule has 2 aliphatic rings. The average Bonchev–Trinajstić information content (AvgIpc) is 3.20. The molecule has 2 aliphatic carbocycles. The molecule has 0 unspecified atom stereocenters. The van der Waals surface area contributed by atoms with Gasteiger partial charge < -0.3 is 0 Å². The van der Waals surface area contributed by atoms with E-state index in [1.807, 2.05) is 0 Å². The van der Waals surface area contributed by atoms with E-state index in [0.29, 0.717) is 5.92 Å². The Labute approximate surface area is 368 Å². The fourth-order valence-electron chi connectivity index (χ4n) is 9.92. The Morgan fingerprint density at radius 2 is 0.692 bits per heavy atom. The highest BCUT2D eigenvalue weighted by Gasteiger charge is 2.63. The van der Waals surface area contributed by atoms with Gasteiger partial charge in [0.15, 0.2) is 0 Å². The topological polar surface area (TPSA) is 0 Å². The van der Waals surface area contributed by atoms with Gasteiger partial charge in [-0.05, 0) is 93.4 Å². The molecule has 2 fully saturated rings. The molecule has 4 rings (SSSR count). The normalized spacial score (nSPS) is 21.2. The van der Waals surface area contributed by atoms with Gasteiger partial charge in [-0.1, -0.05) is 103 Å². The van der Waals surface area contributed by atoms with Crippen LogP contribution in [0.1, 0.15) is 177 Å². The molecule has 0 radical (unpaired) electrons. The summed E-state index contributed by atoms with van der Waals surface area (Å²) in [4.78, 5) is 0. The minimum atomic E-state index is -5.53. The van der Waals surface area contributed by atoms with Crippen LogP contribution in [0.4, 0.5) is 79.0 Å². The fourth-order valence-corrected chi connectivity index (χ4v) is 9.92. The average molecular weight is 965 g/mol. The van der Waals surface area contributed by atoms with E-state index in [4.69, 9.17) is 0 Å². The quantitative estimate of drug-likeness (QED) is 0.0769. The summed E-state index contributed by atoms with van der Waals surface area (Å²) in [6.45, 7) is 2.14. The number of halogens is 18. The van der Waals surface area contributed by atoms with Gasteiger partial charge in [0.05, 0.1) is 0 Å². The first-order valence-corrected chi connectivity index (χ1v) is 22.8. The minimum Gasteiger partial charge on any atom is -0.206 e. The Morgan fingerprint density at radius 1 is 0.415 bits per heavy atom. The second kappa shape index (κ2) is 22.5. The zero-order chi connectivity index (χ0) is 48.6. The third-order valence-electron chi connectivity index (χ3n) is 14.0. The lowest BCUT2D eigenvalue weighted by Crippen LogP contribution is -2.46. The van der Waals surface area contributed by atoms with E-state index in [1.165, 1.54) is 0 Å². The van der Waals surface area contributed by atoms with Gasteiger partial charge in [-0.15, -0.1) is 0 Å². The predicted molar refractivity (Wildman–Crippen MR) is 210 cm³/mol. The zero-order valence-corrected chi connectivity index (χ0v) is 36.3. The van der Waals surface area contributed by atoms with Gasteiger partial charge in [-0.3, -0.25) is 0 Å². The van der Waals surface area contributed by atoms with Crippen LogP contribution in [-0.4, -0.2) is 11.8 Å². The molecule has 65 heavy (non-hydrogen) atoms. The summed E-state index contributed by atoms with van der Waals surface area (Å²) in [7, 11) is 0. The Morgan fingerprint density at radius 3 is 0.969 bits per heavy atom. The number of benzene rings is 2. The summed E-state index contributed by atoms with van der Waals surface area (Å²) >= 11 is 0. The summed E-state index contributed by atoms with van der Waals surface area (Å²) in [6, 6.07) is -1.50. The first-order chi connectivity index (χ1) is 30.2. The molecule has 372 valence electrons. The second-order valence-corrected chi connectivity index (χ2v) is 18.4. The lowest BCUT2D eigenvalue weighted by Gasteiger charge is -2.37. The van der Waals surface area contributed by atoms with Crippen molar-refractivity contribution in [3.8, 4) is 0 Å². The molecule has 2 aromatic carbocycles. The second-order valence-electron chi connectivity index (χ2n) is 18.4. The zero-order valence-electron chi connectivity index (χ0n) is 36.3. The lowest BCUT2D eigenvalue weighted by atomic mass is 9.75. The van der Waals surface area contributed by atoms with E-state index in [9.17, 15) is 61.5 Å². The molecule has 0 N–H and O–H groups in total. The monoisotopic (exact) mass is 964 g/mol. The molecular weight excluding hydrogens is 906 g/mol. The molecule has 0 atom stereocenters. The largest absolute Gasteiger partial charge is 0.422 e. The highest BCUT2D eigenvalue weighted by atomic mass is 19.4. The van der Waals surface area contributed by atoms with Crippen molar-refractivity contribution in [3.05, 3.63) is 69.8 Å². The van der Waals surface area contributed by atoms with Gasteiger partial charge in [0, 0.05) is 23.0 Å². The molecule has 0 heterocycles. The summed E-state index contributed by atoms with van der Waals surface area (Å²) < 4.78 is 253. The van der Waals surface area contributed by atoms with Crippen molar-refractivity contribution >= 4 is 0 Å². The molecule has 0 saturated heterocycles.